The molecule has 0 unspecified atom stereocenters. The maximum Gasteiger partial charge on any atom is 0.326 e. The molecule has 0 spiro atoms. The van der Waals surface area contributed by atoms with Gasteiger partial charge in [0.05, 0.1) is 31.2 Å². The van der Waals surface area contributed by atoms with Crippen molar-refractivity contribution in [2.75, 3.05) is 25.4 Å². The molecule has 0 aromatic rings. The molecule has 1 aliphatic heterocycles. The van der Waals surface area contributed by atoms with Gasteiger partial charge in [-0.15, -0.1) is 0 Å². The normalized spacial score (nSPS) is 17.2. The standard InChI is InChI=1S/C65H112N16O22S/c1-13-33(10)47(68)58(95)78-50(32(8)9)60(97)73-39(25-29(2)3)55(92)79-52(35(12)83)63(100)74-40(26-43(67)84)64(101)81-24-16-18-42(81)57(94)77-49(31(6)7)61(98)75-41(28-104)56(93)80-51(34(11)82)62(99)71-37(20-22-46(88)89)54(91)76-48(30(4)5)59(96)69-27-44(85)70-36(19-21-45(86)87)53(90)72-38(65(102)103)17-14-15-23-66/h29-42,47-52,82-83,104H,13-28,66,68H2,1-12H3,(H2,67,84)(H,69,96)(H,70,85)(H,71,99)(H,72,90)(H,73,97)(H,74,100)(H,75,98)(H,76,91)(H,77,94)(H,78,95)(H,79,92)(H,80,93)(H,86,87)(H,88,89)(H,102,103)/t33-,34+,35+,36-,37-,38-,39-,40-,41-,42-,47-,48-,49-,50-,51-,52-/m0/s1. The van der Waals surface area contributed by atoms with E-state index in [0.29, 0.717) is 19.3 Å². The van der Waals surface area contributed by atoms with Crippen LogP contribution >= 0.6 is 12.6 Å². The Kier molecular flexibility index (Phi) is 41.3. The fourth-order valence-corrected chi connectivity index (χ4v) is 10.9. The van der Waals surface area contributed by atoms with Crippen molar-refractivity contribution in [3.05, 3.63) is 0 Å². The molecule has 1 rings (SSSR count). The van der Waals surface area contributed by atoms with E-state index < -0.39 is 254 Å². The van der Waals surface area contributed by atoms with Crippen molar-refractivity contribution in [3.8, 4) is 0 Å². The van der Waals surface area contributed by atoms with Crippen molar-refractivity contribution in [2.45, 2.75) is 251 Å². The molecule has 104 heavy (non-hydrogen) atoms. The number of amides is 14. The summed E-state index contributed by atoms with van der Waals surface area (Å²) in [5.41, 5.74) is 17.1. The number of nitrogens with zero attached hydrogens (tertiary/aromatic N) is 1. The number of hydrogen-bond donors (Lipinski definition) is 21. The smallest absolute Gasteiger partial charge is 0.326 e. The third-order valence-corrected chi connectivity index (χ3v) is 17.4. The van der Waals surface area contributed by atoms with E-state index >= 15 is 0 Å². The topological polar surface area (TPSA) is 617 Å². The number of aliphatic carboxylic acids is 3. The van der Waals surface area contributed by atoms with Crippen molar-refractivity contribution in [1.29, 1.82) is 0 Å². The number of carboxylic acid groups (broad SMARTS) is 3. The number of thiol groups is 1. The maximum atomic E-state index is 14.4. The number of aliphatic hydroxyl groups excluding tert-OH is 2. The van der Waals surface area contributed by atoms with Crippen LogP contribution in [0.1, 0.15) is 160 Å². The first-order valence-corrected chi connectivity index (χ1v) is 35.4. The Balaban J connectivity index is 3.36. The summed E-state index contributed by atoms with van der Waals surface area (Å²) in [5, 5.41) is 78.8. The molecular formula is C65H112N16O22S. The SMILES string of the molecule is CC[C@H](C)[C@H](N)C(=O)N[C@H](C(=O)N[C@@H](CC(C)C)C(=O)N[C@H](C(=O)N[C@@H](CC(N)=O)C(=O)N1CCC[C@H]1C(=O)N[C@H](C(=O)N[C@@H](CS)C(=O)N[C@H](C(=O)N[C@@H](CCC(=O)O)C(=O)N[C@H](C(=O)NCC(=O)N[C@@H](CCC(=O)O)C(=O)N[C@@H](CCCCN)C(=O)O)C(C)C)[C@@H](C)O)C(C)C)[C@@H](C)O)C(C)C. The van der Waals surface area contributed by atoms with E-state index in [1.54, 1.807) is 34.6 Å². The summed E-state index contributed by atoms with van der Waals surface area (Å²) >= 11 is 4.19. The van der Waals surface area contributed by atoms with Gasteiger partial charge in [-0.2, -0.15) is 12.6 Å². The number of rotatable bonds is 48. The predicted molar refractivity (Wildman–Crippen MR) is 376 cm³/mol. The second-order valence-corrected chi connectivity index (χ2v) is 27.7. The summed E-state index contributed by atoms with van der Waals surface area (Å²) < 4.78 is 0. The zero-order valence-corrected chi connectivity index (χ0v) is 62.1. The molecule has 590 valence electrons. The first-order valence-electron chi connectivity index (χ1n) is 34.7. The molecule has 23 N–H and O–H groups in total. The molecule has 1 heterocycles. The van der Waals surface area contributed by atoms with E-state index in [4.69, 9.17) is 17.2 Å². The minimum absolute atomic E-state index is 0.0123. The van der Waals surface area contributed by atoms with Crippen LogP contribution in [0, 0.1) is 29.6 Å². The van der Waals surface area contributed by atoms with Crippen LogP contribution in [-0.2, 0) is 81.5 Å². The van der Waals surface area contributed by atoms with Crippen molar-refractivity contribution in [2.24, 2.45) is 46.8 Å². The van der Waals surface area contributed by atoms with E-state index in [2.05, 4.69) is 76.4 Å². The van der Waals surface area contributed by atoms with Crippen LogP contribution in [0.3, 0.4) is 0 Å². The lowest BCUT2D eigenvalue weighted by atomic mass is 9.96. The van der Waals surface area contributed by atoms with Crippen molar-refractivity contribution >= 4 is 113 Å². The number of carbonyl (C=O) groups is 17. The van der Waals surface area contributed by atoms with Crippen LogP contribution < -0.4 is 81.0 Å². The van der Waals surface area contributed by atoms with Crippen molar-refractivity contribution in [1.82, 2.24) is 68.7 Å². The third-order valence-electron chi connectivity index (χ3n) is 17.0. The summed E-state index contributed by atoms with van der Waals surface area (Å²) in [6.45, 7) is 17.9. The fraction of sp³-hybridized carbons (Fsp3) is 0.738. The quantitative estimate of drug-likeness (QED) is 0.0199. The van der Waals surface area contributed by atoms with Gasteiger partial charge in [0.15, 0.2) is 0 Å². The minimum atomic E-state index is -1.95. The Morgan fingerprint density at radius 2 is 0.904 bits per heavy atom. The molecule has 38 nitrogen and oxygen atoms in total. The first-order chi connectivity index (χ1) is 48.4. The number of nitrogens with one attached hydrogen (secondary N) is 12. The molecular weight excluding hydrogens is 1390 g/mol. The van der Waals surface area contributed by atoms with Crippen molar-refractivity contribution < 1.29 is 107 Å². The summed E-state index contributed by atoms with van der Waals surface area (Å²) in [4.78, 5) is 228. The molecule has 0 aromatic heterocycles. The average molecular weight is 1500 g/mol. The summed E-state index contributed by atoms with van der Waals surface area (Å²) in [5.74, 6) is -21.3. The lowest BCUT2D eigenvalue weighted by molar-refractivity contribution is -0.144. The Bertz CT molecular complexity index is 2990. The average Bonchev–Trinajstić information content (AvgIpc) is 1.60. The van der Waals surface area contributed by atoms with Crippen LogP contribution in [0.2, 0.25) is 0 Å². The lowest BCUT2D eigenvalue weighted by Gasteiger charge is -2.32. The third kappa shape index (κ3) is 32.0. The van der Waals surface area contributed by atoms with Gasteiger partial charge < -0.3 is 111 Å². The Labute approximate surface area is 609 Å². The number of likely N-dealkylation sites (tertiary alicyclic amines) is 1. The second kappa shape index (κ2) is 46.1. The largest absolute Gasteiger partial charge is 0.481 e. The number of carbonyl (C=O) groups excluding carboxylic acids is 14. The van der Waals surface area contributed by atoms with Gasteiger partial charge in [-0.3, -0.25) is 76.7 Å². The molecule has 1 fully saturated rings. The van der Waals surface area contributed by atoms with Gasteiger partial charge in [0.2, 0.25) is 82.7 Å². The number of carboxylic acids is 3. The Morgan fingerprint density at radius 1 is 0.490 bits per heavy atom. The number of hydrogen-bond acceptors (Lipinski definition) is 22. The van der Waals surface area contributed by atoms with E-state index in [-0.39, 0.29) is 50.6 Å². The van der Waals surface area contributed by atoms with E-state index in [1.165, 1.54) is 27.7 Å². The van der Waals surface area contributed by atoms with Crippen molar-refractivity contribution in [3.63, 3.8) is 0 Å². The highest BCUT2D eigenvalue weighted by Gasteiger charge is 2.43. The number of aliphatic hydroxyl groups is 2. The first kappa shape index (κ1) is 93.2. The minimum Gasteiger partial charge on any atom is -0.481 e. The fourth-order valence-electron chi connectivity index (χ4n) is 10.7. The lowest BCUT2D eigenvalue weighted by Crippen LogP contribution is -2.63. The number of primary amides is 1. The van der Waals surface area contributed by atoms with Crippen LogP contribution in [0.4, 0.5) is 0 Å². The summed E-state index contributed by atoms with van der Waals surface area (Å²) in [7, 11) is 0. The Morgan fingerprint density at radius 3 is 1.36 bits per heavy atom. The monoisotopic (exact) mass is 1500 g/mol. The van der Waals surface area contributed by atoms with Gasteiger partial charge in [-0.25, -0.2) is 4.79 Å². The molecule has 0 aliphatic carbocycles. The maximum absolute atomic E-state index is 14.4. The van der Waals surface area contributed by atoms with Gasteiger partial charge in [0, 0.05) is 25.1 Å². The summed E-state index contributed by atoms with van der Waals surface area (Å²) in [6.07, 6.45) is -5.31. The molecule has 0 aromatic carbocycles. The van der Waals surface area contributed by atoms with E-state index in [1.807, 2.05) is 6.92 Å². The van der Waals surface area contributed by atoms with Crippen LogP contribution in [0.15, 0.2) is 0 Å². The van der Waals surface area contributed by atoms with Gasteiger partial charge in [0.25, 0.3) is 0 Å². The van der Waals surface area contributed by atoms with Gasteiger partial charge in [-0.05, 0) is 101 Å². The molecule has 1 saturated heterocycles. The van der Waals surface area contributed by atoms with Gasteiger partial charge in [-0.1, -0.05) is 75.7 Å². The van der Waals surface area contributed by atoms with Gasteiger partial charge in [0.1, 0.15) is 72.5 Å². The number of unbranched alkanes of at least 4 members (excludes halogenated alkanes) is 1. The highest BCUT2D eigenvalue weighted by Crippen LogP contribution is 2.21. The highest BCUT2D eigenvalue weighted by molar-refractivity contribution is 7.80. The van der Waals surface area contributed by atoms with Crippen LogP contribution in [0.25, 0.3) is 0 Å². The molecule has 0 bridgehead atoms. The second-order valence-electron chi connectivity index (χ2n) is 27.4. The molecule has 1 aliphatic rings. The van der Waals surface area contributed by atoms with Gasteiger partial charge >= 0.3 is 17.9 Å². The molecule has 39 heteroatoms. The summed E-state index contributed by atoms with van der Waals surface area (Å²) in [6, 6.07) is -19.8. The van der Waals surface area contributed by atoms with E-state index in [9.17, 15) is 107 Å². The molecule has 14 amide bonds. The number of nitrogens with two attached hydrogens (primary N) is 3. The van der Waals surface area contributed by atoms with E-state index in [0.717, 1.165) is 18.7 Å². The highest BCUT2D eigenvalue weighted by atomic mass is 32.1. The molecule has 0 radical (unpaired) electrons. The zero-order valence-electron chi connectivity index (χ0n) is 61.2. The Hall–Kier alpha value is -8.82. The molecule has 16 atom stereocenters. The predicted octanol–water partition coefficient (Wildman–Crippen LogP) is -5.68. The van der Waals surface area contributed by atoms with Crippen LogP contribution in [0.5, 0.6) is 0 Å². The molecule has 0 saturated carbocycles. The zero-order chi connectivity index (χ0) is 79.7. The van der Waals surface area contributed by atoms with Crippen LogP contribution in [-0.4, -0.2) is 247 Å².